The molecule has 2 aliphatic rings. The molecule has 1 aromatic carbocycles. The van der Waals surface area contributed by atoms with Crippen molar-refractivity contribution in [2.45, 2.75) is 83.3 Å². The van der Waals surface area contributed by atoms with Crippen LogP contribution in [-0.4, -0.2) is 57.2 Å². The number of carbonyl (C=O) groups excluding carboxylic acids is 1. The van der Waals surface area contributed by atoms with Gasteiger partial charge in [-0.15, -0.1) is 0 Å². The molecule has 0 radical (unpaired) electrons. The molecule has 8 heteroatoms. The second kappa shape index (κ2) is 10.8. The number of pyridine rings is 1. The van der Waals surface area contributed by atoms with Crippen molar-refractivity contribution < 1.29 is 14.4 Å². The number of aliphatic hydroxyl groups is 1. The van der Waals surface area contributed by atoms with E-state index in [1.807, 2.05) is 13.0 Å². The summed E-state index contributed by atoms with van der Waals surface area (Å²) in [6.45, 7) is 9.90. The zero-order chi connectivity index (χ0) is 27.8. The van der Waals surface area contributed by atoms with E-state index < -0.39 is 5.60 Å². The Balaban J connectivity index is 1.40. The molecule has 0 unspecified atom stereocenters. The maximum absolute atomic E-state index is 12.5. The molecule has 1 saturated carbocycles. The Morgan fingerprint density at radius 2 is 1.85 bits per heavy atom. The number of benzene rings is 1. The predicted octanol–water partition coefficient (Wildman–Crippen LogP) is 5.00. The third-order valence-electron chi connectivity index (χ3n) is 8.72. The van der Waals surface area contributed by atoms with Gasteiger partial charge >= 0.3 is 0 Å². The van der Waals surface area contributed by atoms with Crippen LogP contribution in [0.25, 0.3) is 11.4 Å². The largest absolute Gasteiger partial charge is 0.380 e. The van der Waals surface area contributed by atoms with Gasteiger partial charge in [-0.05, 0) is 55.8 Å². The Hall–Kier alpha value is -3.10. The average Bonchev–Trinajstić information content (AvgIpc) is 3.43. The molecule has 1 amide bonds. The highest BCUT2D eigenvalue weighted by molar-refractivity contribution is 5.75. The van der Waals surface area contributed by atoms with Gasteiger partial charge in [-0.3, -0.25) is 9.78 Å². The summed E-state index contributed by atoms with van der Waals surface area (Å²) in [4.78, 5) is 23.2. The average molecular weight is 532 g/mol. The van der Waals surface area contributed by atoms with Crippen LogP contribution >= 0.6 is 0 Å². The summed E-state index contributed by atoms with van der Waals surface area (Å²) in [6.07, 6.45) is 7.60. The molecular formula is C31H41N5O3. The van der Waals surface area contributed by atoms with E-state index in [0.717, 1.165) is 55.5 Å². The first kappa shape index (κ1) is 27.5. The molecular weight excluding hydrogens is 490 g/mol. The number of hydrogen-bond donors (Lipinski definition) is 2. The number of likely N-dealkylation sites (tertiary alicyclic amines) is 1. The van der Waals surface area contributed by atoms with Gasteiger partial charge in [0.1, 0.15) is 5.60 Å². The molecule has 1 aliphatic carbocycles. The van der Waals surface area contributed by atoms with Crippen molar-refractivity contribution >= 4 is 5.91 Å². The molecule has 3 heterocycles. The van der Waals surface area contributed by atoms with Crippen LogP contribution in [0.15, 0.2) is 47.2 Å². The first-order valence-corrected chi connectivity index (χ1v) is 14.2. The number of carbonyl (C=O) groups is 1. The zero-order valence-electron chi connectivity index (χ0n) is 23.8. The van der Waals surface area contributed by atoms with Crippen LogP contribution in [-0.2, 0) is 10.4 Å². The minimum Gasteiger partial charge on any atom is -0.380 e. The van der Waals surface area contributed by atoms with Crippen molar-refractivity contribution in [3.05, 3.63) is 65.3 Å². The van der Waals surface area contributed by atoms with E-state index >= 15 is 0 Å². The van der Waals surface area contributed by atoms with Gasteiger partial charge in [0, 0.05) is 60.4 Å². The highest BCUT2D eigenvalue weighted by Crippen LogP contribution is 2.50. The lowest BCUT2D eigenvalue weighted by Gasteiger charge is -2.55. The summed E-state index contributed by atoms with van der Waals surface area (Å²) in [5.41, 5.74) is 1.94. The van der Waals surface area contributed by atoms with Crippen LogP contribution < -0.4 is 5.32 Å². The summed E-state index contributed by atoms with van der Waals surface area (Å²) in [6, 6.07) is 10.5. The summed E-state index contributed by atoms with van der Waals surface area (Å²) in [7, 11) is 2.07. The summed E-state index contributed by atoms with van der Waals surface area (Å²) >= 11 is 0. The van der Waals surface area contributed by atoms with Gasteiger partial charge in [-0.2, -0.15) is 4.98 Å². The normalized spacial score (nSPS) is 22.7. The lowest BCUT2D eigenvalue weighted by molar-refractivity contribution is -0.127. The van der Waals surface area contributed by atoms with E-state index in [1.54, 1.807) is 12.4 Å². The van der Waals surface area contributed by atoms with Gasteiger partial charge in [-0.25, -0.2) is 0 Å². The van der Waals surface area contributed by atoms with Crippen molar-refractivity contribution in [1.82, 2.24) is 25.3 Å². The van der Waals surface area contributed by atoms with Crippen LogP contribution in [0.1, 0.15) is 94.2 Å². The Morgan fingerprint density at radius 3 is 2.46 bits per heavy atom. The predicted molar refractivity (Wildman–Crippen MR) is 150 cm³/mol. The summed E-state index contributed by atoms with van der Waals surface area (Å²) in [5.74, 6) is 1.80. The molecule has 0 bridgehead atoms. The molecule has 1 saturated heterocycles. The molecule has 2 aromatic heterocycles. The molecule has 39 heavy (non-hydrogen) atoms. The monoisotopic (exact) mass is 531 g/mol. The third-order valence-corrected chi connectivity index (χ3v) is 8.72. The first-order valence-electron chi connectivity index (χ1n) is 14.2. The van der Waals surface area contributed by atoms with E-state index in [0.29, 0.717) is 24.1 Å². The second-order valence-corrected chi connectivity index (χ2v) is 12.1. The highest BCUT2D eigenvalue weighted by atomic mass is 16.5. The van der Waals surface area contributed by atoms with E-state index in [9.17, 15) is 9.90 Å². The maximum atomic E-state index is 12.5. The molecule has 1 aliphatic heterocycles. The van der Waals surface area contributed by atoms with Crippen LogP contribution in [0, 0.1) is 5.41 Å². The summed E-state index contributed by atoms with van der Waals surface area (Å²) < 4.78 is 5.71. The molecule has 208 valence electrons. The molecule has 5 rings (SSSR count). The number of aromatic nitrogens is 3. The van der Waals surface area contributed by atoms with Crippen molar-refractivity contribution in [3.8, 4) is 11.4 Å². The standard InChI is InChI=1S/C31H41N5O3/c1-6-27(37)33-26-13-9-22(10-14-26)29-34-28(35-39-29)23-15-25(17-32-16-23)31(38,30(4)18-36(5)19-30)24-11-7-21(8-12-24)20(2)3/h7-8,11-12,15-17,20,22,26,38H,6,9-10,13-14,18-19H2,1-5H3,(H,33,37)/t22-,26-,31-/m0/s1. The van der Waals surface area contributed by atoms with Crippen molar-refractivity contribution in [2.24, 2.45) is 5.41 Å². The Labute approximate surface area is 231 Å². The Bertz CT molecular complexity index is 1290. The summed E-state index contributed by atoms with van der Waals surface area (Å²) in [5, 5.41) is 19.9. The highest BCUT2D eigenvalue weighted by Gasteiger charge is 2.55. The molecule has 2 fully saturated rings. The topological polar surface area (TPSA) is 104 Å². The smallest absolute Gasteiger partial charge is 0.230 e. The van der Waals surface area contributed by atoms with Gasteiger partial charge in [0.05, 0.1) is 0 Å². The van der Waals surface area contributed by atoms with Gasteiger partial charge in [-0.1, -0.05) is 57.1 Å². The number of rotatable bonds is 8. The first-order chi connectivity index (χ1) is 18.6. The van der Waals surface area contributed by atoms with Gasteiger partial charge in [0.2, 0.25) is 17.6 Å². The van der Waals surface area contributed by atoms with Crippen LogP contribution in [0.4, 0.5) is 0 Å². The SMILES string of the molecule is CCC(=O)N[C@H]1CC[C@H](c2nc(-c3cncc([C@@](O)(c4ccc(C(C)C)cc4)C4(C)CN(C)C4)c3)no2)CC1. The fourth-order valence-electron chi connectivity index (χ4n) is 6.44. The van der Waals surface area contributed by atoms with E-state index in [-0.39, 0.29) is 23.3 Å². The minimum absolute atomic E-state index is 0.101. The quantitative estimate of drug-likeness (QED) is 0.422. The lowest BCUT2D eigenvalue weighted by atomic mass is 9.62. The zero-order valence-corrected chi connectivity index (χ0v) is 23.8. The van der Waals surface area contributed by atoms with Crippen LogP contribution in [0.3, 0.4) is 0 Å². The Morgan fingerprint density at radius 1 is 1.15 bits per heavy atom. The van der Waals surface area contributed by atoms with E-state index in [1.165, 1.54) is 5.56 Å². The molecule has 3 aromatic rings. The third kappa shape index (κ3) is 5.24. The minimum atomic E-state index is -1.23. The van der Waals surface area contributed by atoms with Gasteiger partial charge < -0.3 is 19.8 Å². The fourth-order valence-corrected chi connectivity index (χ4v) is 6.44. The molecule has 1 atom stereocenters. The van der Waals surface area contributed by atoms with Crippen molar-refractivity contribution in [2.75, 3.05) is 20.1 Å². The number of hydrogen-bond acceptors (Lipinski definition) is 7. The lowest BCUT2D eigenvalue weighted by Crippen LogP contribution is -2.63. The number of nitrogens with zero attached hydrogens (tertiary/aromatic N) is 4. The Kier molecular flexibility index (Phi) is 7.62. The second-order valence-electron chi connectivity index (χ2n) is 12.1. The maximum Gasteiger partial charge on any atom is 0.230 e. The van der Waals surface area contributed by atoms with Gasteiger partial charge in [0.25, 0.3) is 0 Å². The molecule has 0 spiro atoms. The van der Waals surface area contributed by atoms with Gasteiger partial charge in [0.15, 0.2) is 0 Å². The van der Waals surface area contributed by atoms with Crippen LogP contribution in [0.5, 0.6) is 0 Å². The number of nitrogens with one attached hydrogen (secondary N) is 1. The van der Waals surface area contributed by atoms with Crippen LogP contribution in [0.2, 0.25) is 0 Å². The fraction of sp³-hybridized carbons (Fsp3) is 0.548. The van der Waals surface area contributed by atoms with E-state index in [4.69, 9.17) is 9.51 Å². The molecule has 2 N–H and O–H groups in total. The van der Waals surface area contributed by atoms with E-state index in [2.05, 4.69) is 72.4 Å². The van der Waals surface area contributed by atoms with Crippen molar-refractivity contribution in [1.29, 1.82) is 0 Å². The molecule has 8 nitrogen and oxygen atoms in total. The van der Waals surface area contributed by atoms with Crippen molar-refractivity contribution in [3.63, 3.8) is 0 Å². The number of amides is 1.